The molecule has 2 rings (SSSR count). The minimum Gasteiger partial charge on any atom is -0.396 e. The van der Waals surface area contributed by atoms with Crippen LogP contribution in [0.3, 0.4) is 0 Å². The molecule has 1 nitrogen and oxygen atoms in total. The maximum Gasteiger partial charge on any atom is 0.127 e. The molecule has 0 spiro atoms. The lowest BCUT2D eigenvalue weighted by molar-refractivity contribution is 0.263. The third kappa shape index (κ3) is 3.35. The summed E-state index contributed by atoms with van der Waals surface area (Å²) < 4.78 is 14.7. The average Bonchev–Trinajstić information content (AvgIpc) is 2.40. The topological polar surface area (TPSA) is 20.2 Å². The first-order chi connectivity index (χ1) is 9.13. The maximum atomic E-state index is 13.8. The molecule has 0 amide bonds. The van der Waals surface area contributed by atoms with Gasteiger partial charge in [0.1, 0.15) is 5.82 Å². The molecule has 1 atom stereocenters. The predicted molar refractivity (Wildman–Crippen MR) is 79.1 cm³/mol. The van der Waals surface area contributed by atoms with Gasteiger partial charge < -0.3 is 5.11 Å². The molecule has 0 saturated carbocycles. The van der Waals surface area contributed by atoms with Gasteiger partial charge in [-0.3, -0.25) is 0 Å². The van der Waals surface area contributed by atoms with Crippen LogP contribution in [0.2, 0.25) is 5.02 Å². The molecule has 0 aliphatic carbocycles. The Bertz CT molecular complexity index is 554. The number of hydrogen-bond donors (Lipinski definition) is 1. The zero-order valence-corrected chi connectivity index (χ0v) is 12.5. The van der Waals surface area contributed by atoms with Crippen LogP contribution in [0.5, 0.6) is 0 Å². The summed E-state index contributed by atoms with van der Waals surface area (Å²) in [5.41, 5.74) is 1.39. The average molecular weight is 344 g/mol. The Hall–Kier alpha value is -0.900. The van der Waals surface area contributed by atoms with Crippen LogP contribution in [0.15, 0.2) is 46.9 Å². The van der Waals surface area contributed by atoms with Crippen LogP contribution in [-0.4, -0.2) is 11.7 Å². The fourth-order valence-corrected chi connectivity index (χ4v) is 2.90. The molecule has 1 unspecified atom stereocenters. The van der Waals surface area contributed by atoms with Gasteiger partial charge in [0.15, 0.2) is 0 Å². The molecule has 0 heterocycles. The summed E-state index contributed by atoms with van der Waals surface area (Å²) in [4.78, 5) is 0. The van der Waals surface area contributed by atoms with Gasteiger partial charge in [0.25, 0.3) is 0 Å². The monoisotopic (exact) mass is 342 g/mol. The van der Waals surface area contributed by atoms with Crippen LogP contribution >= 0.6 is 27.5 Å². The van der Waals surface area contributed by atoms with E-state index in [9.17, 15) is 9.50 Å². The van der Waals surface area contributed by atoms with E-state index < -0.39 is 0 Å². The lowest BCUT2D eigenvalue weighted by Crippen LogP contribution is -2.10. The van der Waals surface area contributed by atoms with Gasteiger partial charge in [-0.25, -0.2) is 4.39 Å². The second-order valence-corrected chi connectivity index (χ2v) is 5.57. The van der Waals surface area contributed by atoms with E-state index in [0.29, 0.717) is 17.0 Å². The lowest BCUT2D eigenvalue weighted by atomic mass is 9.92. The highest BCUT2D eigenvalue weighted by Gasteiger charge is 2.17. The lowest BCUT2D eigenvalue weighted by Gasteiger charge is -2.17. The van der Waals surface area contributed by atoms with Crippen molar-refractivity contribution in [2.24, 2.45) is 0 Å². The largest absolute Gasteiger partial charge is 0.396 e. The first-order valence-corrected chi connectivity index (χ1v) is 7.08. The molecule has 0 aliphatic rings. The van der Waals surface area contributed by atoms with Crippen molar-refractivity contribution in [1.82, 2.24) is 0 Å². The molecule has 4 heteroatoms. The normalized spacial score (nSPS) is 12.4. The van der Waals surface area contributed by atoms with Crippen molar-refractivity contribution >= 4 is 27.5 Å². The van der Waals surface area contributed by atoms with Crippen LogP contribution in [0.1, 0.15) is 17.0 Å². The molecule has 0 aromatic heterocycles. The Morgan fingerprint density at radius 2 is 1.89 bits per heavy atom. The summed E-state index contributed by atoms with van der Waals surface area (Å²) in [6.45, 7) is -0.0622. The SMILES string of the molecule is OCC(Cc1c(F)cccc1Cl)c1ccccc1Br. The van der Waals surface area contributed by atoms with E-state index in [1.807, 2.05) is 24.3 Å². The van der Waals surface area contributed by atoms with E-state index in [-0.39, 0.29) is 18.3 Å². The van der Waals surface area contributed by atoms with E-state index in [4.69, 9.17) is 11.6 Å². The Labute approximate surface area is 125 Å². The first kappa shape index (κ1) is 14.5. The minimum atomic E-state index is -0.335. The van der Waals surface area contributed by atoms with Gasteiger partial charge >= 0.3 is 0 Å². The second kappa shape index (κ2) is 6.51. The fourth-order valence-electron chi connectivity index (χ4n) is 2.05. The number of halogens is 3. The van der Waals surface area contributed by atoms with Gasteiger partial charge in [0.2, 0.25) is 0 Å². The fraction of sp³-hybridized carbons (Fsp3) is 0.200. The molecule has 1 N–H and O–H groups in total. The third-order valence-electron chi connectivity index (χ3n) is 3.08. The van der Waals surface area contributed by atoms with Crippen molar-refractivity contribution in [1.29, 1.82) is 0 Å². The number of rotatable bonds is 4. The molecular weight excluding hydrogens is 331 g/mol. The van der Waals surface area contributed by atoms with Gasteiger partial charge in [0.05, 0.1) is 6.61 Å². The third-order valence-corrected chi connectivity index (χ3v) is 4.15. The summed E-state index contributed by atoms with van der Waals surface area (Å²) in [5.74, 6) is -0.525. The highest BCUT2D eigenvalue weighted by atomic mass is 79.9. The molecule has 0 bridgehead atoms. The Morgan fingerprint density at radius 3 is 2.53 bits per heavy atom. The van der Waals surface area contributed by atoms with Crippen LogP contribution in [0, 0.1) is 5.82 Å². The van der Waals surface area contributed by atoms with Crippen LogP contribution in [0.4, 0.5) is 4.39 Å². The summed E-state index contributed by atoms with van der Waals surface area (Å²) in [6, 6.07) is 12.2. The maximum absolute atomic E-state index is 13.8. The Morgan fingerprint density at radius 1 is 1.16 bits per heavy atom. The summed E-state index contributed by atoms with van der Waals surface area (Å²) in [5, 5.41) is 9.95. The highest BCUT2D eigenvalue weighted by Crippen LogP contribution is 2.30. The van der Waals surface area contributed by atoms with Crippen molar-refractivity contribution in [2.75, 3.05) is 6.61 Å². The number of aliphatic hydroxyl groups is 1. The standard InChI is InChI=1S/C15H13BrClFO/c16-13-5-2-1-4-11(13)10(9-19)8-12-14(17)6-3-7-15(12)18/h1-7,10,19H,8-9H2. The molecule has 2 aromatic rings. The number of aliphatic hydroxyl groups excluding tert-OH is 1. The van der Waals surface area contributed by atoms with Crippen LogP contribution in [0.25, 0.3) is 0 Å². The second-order valence-electron chi connectivity index (χ2n) is 4.31. The van der Waals surface area contributed by atoms with Gasteiger partial charge in [-0.15, -0.1) is 0 Å². The van der Waals surface area contributed by atoms with E-state index in [1.165, 1.54) is 6.07 Å². The first-order valence-electron chi connectivity index (χ1n) is 5.91. The number of benzene rings is 2. The molecule has 0 fully saturated rings. The molecule has 2 aromatic carbocycles. The predicted octanol–water partition coefficient (Wildman–Crippen LogP) is 4.56. The molecular formula is C15H13BrClFO. The zero-order chi connectivity index (χ0) is 13.8. The summed E-state index contributed by atoms with van der Waals surface area (Å²) >= 11 is 9.47. The van der Waals surface area contributed by atoms with Crippen molar-refractivity contribution in [3.63, 3.8) is 0 Å². The van der Waals surface area contributed by atoms with Crippen molar-refractivity contribution < 1.29 is 9.50 Å². The minimum absolute atomic E-state index is 0.0622. The number of hydrogen-bond acceptors (Lipinski definition) is 1. The molecule has 19 heavy (non-hydrogen) atoms. The smallest absolute Gasteiger partial charge is 0.127 e. The highest BCUT2D eigenvalue weighted by molar-refractivity contribution is 9.10. The molecule has 0 aliphatic heterocycles. The summed E-state index contributed by atoms with van der Waals surface area (Å²) in [6.07, 6.45) is 0.366. The quantitative estimate of drug-likeness (QED) is 0.863. The molecule has 100 valence electrons. The Balaban J connectivity index is 2.32. The van der Waals surface area contributed by atoms with Gasteiger partial charge in [-0.05, 0) is 30.2 Å². The van der Waals surface area contributed by atoms with Crippen molar-refractivity contribution in [3.05, 3.63) is 68.9 Å². The Kier molecular flexibility index (Phi) is 4.97. The van der Waals surface area contributed by atoms with Crippen molar-refractivity contribution in [3.8, 4) is 0 Å². The van der Waals surface area contributed by atoms with Gasteiger partial charge in [-0.2, -0.15) is 0 Å². The van der Waals surface area contributed by atoms with Gasteiger partial charge in [0, 0.05) is 21.0 Å². The van der Waals surface area contributed by atoms with Crippen molar-refractivity contribution in [2.45, 2.75) is 12.3 Å². The van der Waals surface area contributed by atoms with Gasteiger partial charge in [-0.1, -0.05) is 51.8 Å². The molecule has 0 radical (unpaired) electrons. The van der Waals surface area contributed by atoms with E-state index >= 15 is 0 Å². The van der Waals surface area contributed by atoms with Crippen LogP contribution < -0.4 is 0 Å². The molecule has 0 saturated heterocycles. The van der Waals surface area contributed by atoms with E-state index in [0.717, 1.165) is 10.0 Å². The van der Waals surface area contributed by atoms with E-state index in [1.54, 1.807) is 12.1 Å². The summed E-state index contributed by atoms with van der Waals surface area (Å²) in [7, 11) is 0. The van der Waals surface area contributed by atoms with E-state index in [2.05, 4.69) is 15.9 Å². The zero-order valence-electron chi connectivity index (χ0n) is 10.1. The van der Waals surface area contributed by atoms with Crippen LogP contribution in [-0.2, 0) is 6.42 Å².